The monoisotopic (exact) mass is 277 g/mol. The molecule has 0 saturated heterocycles. The van der Waals surface area contributed by atoms with Crippen molar-refractivity contribution in [2.75, 3.05) is 18.0 Å². The largest absolute Gasteiger partial charge is 0.481 e. The Morgan fingerprint density at radius 2 is 1.86 bits per heavy atom. The maximum absolute atomic E-state index is 11.3. The smallest absolute Gasteiger partial charge is 0.312 e. The lowest BCUT2D eigenvalue weighted by atomic mass is 10.0. The van der Waals surface area contributed by atoms with Crippen LogP contribution in [-0.2, 0) is 4.79 Å². The molecule has 1 aliphatic rings. The highest BCUT2D eigenvalue weighted by Gasteiger charge is 2.32. The fourth-order valence-electron chi connectivity index (χ4n) is 2.61. The van der Waals surface area contributed by atoms with Crippen molar-refractivity contribution in [3.05, 3.63) is 65.7 Å². The molecule has 1 N–H and O–H groups in total. The van der Waals surface area contributed by atoms with E-state index in [-0.39, 0.29) is 0 Å². The Morgan fingerprint density at radius 3 is 2.62 bits per heavy atom. The van der Waals surface area contributed by atoms with Crippen molar-refractivity contribution in [2.24, 2.45) is 0 Å². The lowest BCUT2D eigenvalue weighted by Crippen LogP contribution is -2.24. The normalized spacial score (nSPS) is 16.0. The molecular weight excluding hydrogens is 262 g/mol. The second-order valence-corrected chi connectivity index (χ2v) is 5.00. The molecule has 104 valence electrons. The van der Waals surface area contributed by atoms with Crippen LogP contribution < -0.4 is 4.90 Å². The molecule has 1 unspecified atom stereocenters. The molecule has 0 aliphatic carbocycles. The number of nitrogens with zero attached hydrogens (tertiary/aromatic N) is 1. The van der Waals surface area contributed by atoms with Gasteiger partial charge in [-0.2, -0.15) is 0 Å². The third-order valence-electron chi connectivity index (χ3n) is 3.63. The van der Waals surface area contributed by atoms with Gasteiger partial charge in [-0.05, 0) is 23.8 Å². The number of anilines is 1. The number of rotatable bonds is 2. The number of aliphatic carboxylic acids is 1. The fourth-order valence-corrected chi connectivity index (χ4v) is 2.61. The van der Waals surface area contributed by atoms with Crippen molar-refractivity contribution in [2.45, 2.75) is 5.92 Å². The first-order valence-electron chi connectivity index (χ1n) is 6.86. The number of hydrogen-bond donors (Lipinski definition) is 1. The van der Waals surface area contributed by atoms with Crippen LogP contribution in [0, 0.1) is 11.8 Å². The molecule has 1 aliphatic heterocycles. The zero-order valence-corrected chi connectivity index (χ0v) is 11.5. The van der Waals surface area contributed by atoms with Crippen LogP contribution in [0.4, 0.5) is 5.69 Å². The Balaban J connectivity index is 1.79. The fraction of sp³-hybridized carbons (Fsp3) is 0.167. The zero-order chi connectivity index (χ0) is 14.7. The SMILES string of the molecule is O=C(O)C1CN(CC#Cc2ccccc2)c2ccccc21. The molecule has 0 aromatic heterocycles. The predicted octanol–water partition coefficient (Wildman–Crippen LogP) is 2.73. The van der Waals surface area contributed by atoms with Crippen LogP contribution in [-0.4, -0.2) is 24.2 Å². The van der Waals surface area contributed by atoms with Crippen LogP contribution in [0.25, 0.3) is 0 Å². The van der Waals surface area contributed by atoms with Crippen LogP contribution in [0.3, 0.4) is 0 Å². The first-order chi connectivity index (χ1) is 10.3. The third kappa shape index (κ3) is 2.75. The molecule has 2 aromatic carbocycles. The van der Waals surface area contributed by atoms with Crippen molar-refractivity contribution < 1.29 is 9.90 Å². The lowest BCUT2D eigenvalue weighted by molar-refractivity contribution is -0.138. The Hall–Kier alpha value is -2.73. The number of carbonyl (C=O) groups is 1. The van der Waals surface area contributed by atoms with Gasteiger partial charge in [-0.25, -0.2) is 0 Å². The Morgan fingerprint density at radius 1 is 1.14 bits per heavy atom. The van der Waals surface area contributed by atoms with Gasteiger partial charge in [0.05, 0.1) is 6.54 Å². The maximum atomic E-state index is 11.3. The van der Waals surface area contributed by atoms with Crippen LogP contribution in [0.5, 0.6) is 0 Å². The minimum Gasteiger partial charge on any atom is -0.481 e. The molecule has 0 amide bonds. The molecule has 1 heterocycles. The van der Waals surface area contributed by atoms with E-state index < -0.39 is 11.9 Å². The number of hydrogen-bond acceptors (Lipinski definition) is 2. The van der Waals surface area contributed by atoms with Gasteiger partial charge in [-0.3, -0.25) is 4.79 Å². The molecule has 2 aromatic rings. The highest BCUT2D eigenvalue weighted by molar-refractivity contribution is 5.83. The Bertz CT molecular complexity index is 713. The molecule has 3 heteroatoms. The number of fused-ring (bicyclic) bond motifs is 1. The van der Waals surface area contributed by atoms with Gasteiger partial charge in [0.1, 0.15) is 5.92 Å². The van der Waals surface area contributed by atoms with Crippen molar-refractivity contribution in [1.29, 1.82) is 0 Å². The van der Waals surface area contributed by atoms with E-state index in [4.69, 9.17) is 0 Å². The highest BCUT2D eigenvalue weighted by atomic mass is 16.4. The lowest BCUT2D eigenvalue weighted by Gasteiger charge is -2.15. The van der Waals surface area contributed by atoms with Gasteiger partial charge in [0.25, 0.3) is 0 Å². The van der Waals surface area contributed by atoms with Crippen molar-refractivity contribution in [3.8, 4) is 11.8 Å². The summed E-state index contributed by atoms with van der Waals surface area (Å²) in [6.07, 6.45) is 0. The molecule has 1 atom stereocenters. The maximum Gasteiger partial charge on any atom is 0.312 e. The molecular formula is C18H15NO2. The minimum absolute atomic E-state index is 0.459. The van der Waals surface area contributed by atoms with Crippen molar-refractivity contribution >= 4 is 11.7 Å². The average Bonchev–Trinajstić information content (AvgIpc) is 2.88. The quantitative estimate of drug-likeness (QED) is 0.858. The topological polar surface area (TPSA) is 40.5 Å². The van der Waals surface area contributed by atoms with E-state index in [1.807, 2.05) is 59.5 Å². The molecule has 0 saturated carbocycles. The van der Waals surface area contributed by atoms with Crippen molar-refractivity contribution in [3.63, 3.8) is 0 Å². The van der Waals surface area contributed by atoms with Crippen molar-refractivity contribution in [1.82, 2.24) is 0 Å². The first-order valence-corrected chi connectivity index (χ1v) is 6.86. The van der Waals surface area contributed by atoms with E-state index in [1.54, 1.807) is 0 Å². The van der Waals surface area contributed by atoms with E-state index >= 15 is 0 Å². The average molecular weight is 277 g/mol. The summed E-state index contributed by atoms with van der Waals surface area (Å²) in [5.74, 6) is 5.00. The van der Waals surface area contributed by atoms with Gasteiger partial charge >= 0.3 is 5.97 Å². The molecule has 0 fully saturated rings. The van der Waals surface area contributed by atoms with E-state index in [1.165, 1.54) is 0 Å². The van der Waals surface area contributed by atoms with Gasteiger partial charge in [-0.1, -0.05) is 48.2 Å². The summed E-state index contributed by atoms with van der Waals surface area (Å²) in [4.78, 5) is 13.4. The molecule has 0 spiro atoms. The van der Waals surface area contributed by atoms with Gasteiger partial charge in [-0.15, -0.1) is 0 Å². The summed E-state index contributed by atoms with van der Waals surface area (Å²) in [7, 11) is 0. The van der Waals surface area contributed by atoms with Crippen LogP contribution in [0.1, 0.15) is 17.0 Å². The highest BCUT2D eigenvalue weighted by Crippen LogP contribution is 2.35. The van der Waals surface area contributed by atoms with Gasteiger partial charge in [0.15, 0.2) is 0 Å². The van der Waals surface area contributed by atoms with Crippen LogP contribution in [0.2, 0.25) is 0 Å². The van der Waals surface area contributed by atoms with Crippen LogP contribution >= 0.6 is 0 Å². The molecule has 3 rings (SSSR count). The van der Waals surface area contributed by atoms with Gasteiger partial charge < -0.3 is 10.0 Å². The Labute approximate surface area is 123 Å². The minimum atomic E-state index is -0.777. The van der Waals surface area contributed by atoms with E-state index in [0.717, 1.165) is 16.8 Å². The summed E-state index contributed by atoms with van der Waals surface area (Å²) < 4.78 is 0. The predicted molar refractivity (Wildman–Crippen MR) is 82.4 cm³/mol. The van der Waals surface area contributed by atoms with E-state index in [9.17, 15) is 9.90 Å². The molecule has 3 nitrogen and oxygen atoms in total. The van der Waals surface area contributed by atoms with Gasteiger partial charge in [0, 0.05) is 17.8 Å². The summed E-state index contributed by atoms with van der Waals surface area (Å²) in [6, 6.07) is 17.5. The number of para-hydroxylation sites is 1. The summed E-state index contributed by atoms with van der Waals surface area (Å²) >= 11 is 0. The van der Waals surface area contributed by atoms with Gasteiger partial charge in [0.2, 0.25) is 0 Å². The molecule has 0 radical (unpaired) electrons. The molecule has 0 bridgehead atoms. The number of carboxylic acid groups (broad SMARTS) is 1. The second kappa shape index (κ2) is 5.72. The Kier molecular flexibility index (Phi) is 3.61. The number of carboxylic acids is 1. The molecule has 21 heavy (non-hydrogen) atoms. The zero-order valence-electron chi connectivity index (χ0n) is 11.5. The summed E-state index contributed by atoms with van der Waals surface area (Å²) in [5.41, 5.74) is 2.83. The van der Waals surface area contributed by atoms with E-state index in [2.05, 4.69) is 11.8 Å². The first kappa shape index (κ1) is 13.3. The second-order valence-electron chi connectivity index (χ2n) is 5.00. The van der Waals surface area contributed by atoms with Crippen LogP contribution in [0.15, 0.2) is 54.6 Å². The van der Waals surface area contributed by atoms with E-state index in [0.29, 0.717) is 13.1 Å². The summed E-state index contributed by atoms with van der Waals surface area (Å²) in [5, 5.41) is 9.32. The third-order valence-corrected chi connectivity index (χ3v) is 3.63. The summed E-state index contributed by atoms with van der Waals surface area (Å²) in [6.45, 7) is 1.02. The number of benzene rings is 2. The standard InChI is InChI=1S/C18H15NO2/c20-18(21)16-13-19(17-11-5-4-10-15(16)17)12-6-9-14-7-2-1-3-8-14/h1-5,7-8,10-11,16H,12-13H2,(H,20,21).